The molecule has 0 aromatic heterocycles. The molecule has 140 valence electrons. The number of nitrogens with zero attached hydrogens (tertiary/aromatic N) is 2. The largest absolute Gasteiger partial charge is 0.342 e. The molecule has 9 heteroatoms. The number of anilines is 1. The Balaban J connectivity index is 2.07. The Bertz CT molecular complexity index is 849. The molecule has 1 atom stereocenters. The van der Waals surface area contributed by atoms with E-state index in [1.807, 2.05) is 13.0 Å². The zero-order valence-corrected chi connectivity index (χ0v) is 16.3. The minimum absolute atomic E-state index is 0.00589. The summed E-state index contributed by atoms with van der Waals surface area (Å²) in [7, 11) is -5.03. The molecule has 7 nitrogen and oxygen atoms in total. The summed E-state index contributed by atoms with van der Waals surface area (Å²) in [6.45, 7) is 1.88. The molecule has 1 amide bonds. The summed E-state index contributed by atoms with van der Waals surface area (Å²) in [5.41, 5.74) is 1.44. The van der Waals surface area contributed by atoms with Crippen LogP contribution >= 0.6 is 0 Å². The van der Waals surface area contributed by atoms with E-state index in [1.54, 1.807) is 25.2 Å². The molecule has 1 saturated heterocycles. The molecule has 1 aliphatic heterocycles. The molecule has 1 heterocycles. The maximum absolute atomic E-state index is 12.4. The second kappa shape index (κ2) is 7.33. The number of carbonyl (C=O) groups excluding carboxylic acids is 1. The lowest BCUT2D eigenvalue weighted by atomic mass is 10.2. The van der Waals surface area contributed by atoms with Crippen molar-refractivity contribution in [1.29, 1.82) is 0 Å². The summed E-state index contributed by atoms with van der Waals surface area (Å²) in [6, 6.07) is 6.73. The number of hydrogen-bond acceptors (Lipinski definition) is 5. The average Bonchev–Trinajstić information content (AvgIpc) is 2.85. The number of rotatable bonds is 6. The number of sulfone groups is 1. The number of hydrogen-bond donors (Lipinski definition) is 0. The van der Waals surface area contributed by atoms with Crippen LogP contribution in [0.4, 0.5) is 5.69 Å². The first-order valence-corrected chi connectivity index (χ1v) is 11.7. The molecule has 1 fully saturated rings. The molecule has 2 rings (SSSR count). The Kier molecular flexibility index (Phi) is 5.78. The van der Waals surface area contributed by atoms with Gasteiger partial charge in [0, 0.05) is 26.1 Å². The van der Waals surface area contributed by atoms with Crippen molar-refractivity contribution in [2.45, 2.75) is 25.8 Å². The third-order valence-corrected chi connectivity index (χ3v) is 7.31. The first-order chi connectivity index (χ1) is 11.5. The summed E-state index contributed by atoms with van der Waals surface area (Å²) >= 11 is 0. The van der Waals surface area contributed by atoms with E-state index in [2.05, 4.69) is 0 Å². The summed E-state index contributed by atoms with van der Waals surface area (Å²) in [6.07, 6.45) is 1.53. The lowest BCUT2D eigenvalue weighted by molar-refractivity contribution is -0.131. The van der Waals surface area contributed by atoms with E-state index in [1.165, 1.54) is 9.21 Å². The van der Waals surface area contributed by atoms with E-state index in [-0.39, 0.29) is 36.4 Å². The van der Waals surface area contributed by atoms with Gasteiger partial charge in [-0.3, -0.25) is 9.10 Å². The molecule has 1 aromatic carbocycles. The van der Waals surface area contributed by atoms with Crippen molar-refractivity contribution in [3.05, 3.63) is 29.8 Å². The van der Waals surface area contributed by atoms with Gasteiger partial charge in [-0.15, -0.1) is 0 Å². The van der Waals surface area contributed by atoms with E-state index in [9.17, 15) is 21.6 Å². The minimum atomic E-state index is -3.53. The van der Waals surface area contributed by atoms with E-state index >= 15 is 0 Å². The number of sulfonamides is 1. The second-order valence-corrected chi connectivity index (χ2v) is 10.6. The molecule has 0 radical (unpaired) electrons. The first-order valence-electron chi connectivity index (χ1n) is 8.00. The summed E-state index contributed by atoms with van der Waals surface area (Å²) < 4.78 is 48.5. The standard InChI is InChI=1S/C16H24N2O5S2/c1-13-5-4-6-14(11-13)18(24(3,20)21)9-7-16(19)17(2)15-8-10-25(22,23)12-15/h4-6,11,15H,7-10,12H2,1-3H3. The highest BCUT2D eigenvalue weighted by atomic mass is 32.2. The van der Waals surface area contributed by atoms with E-state index in [0.29, 0.717) is 12.1 Å². The van der Waals surface area contributed by atoms with Crippen LogP contribution in [0.1, 0.15) is 18.4 Å². The van der Waals surface area contributed by atoms with Crippen LogP contribution in [0.25, 0.3) is 0 Å². The Morgan fingerprint density at radius 1 is 1.32 bits per heavy atom. The molecule has 1 aromatic rings. The smallest absolute Gasteiger partial charge is 0.232 e. The number of carbonyl (C=O) groups is 1. The van der Waals surface area contributed by atoms with Crippen molar-refractivity contribution in [3.8, 4) is 0 Å². The normalized spacial score (nSPS) is 19.6. The lowest BCUT2D eigenvalue weighted by Gasteiger charge is -2.26. The Hall–Kier alpha value is -1.61. The molecular formula is C16H24N2O5S2. The van der Waals surface area contributed by atoms with Crippen LogP contribution in [0.3, 0.4) is 0 Å². The predicted octanol–water partition coefficient (Wildman–Crippen LogP) is 0.797. The van der Waals surface area contributed by atoms with Crippen LogP contribution in [0.2, 0.25) is 0 Å². The molecule has 0 aliphatic carbocycles. The van der Waals surface area contributed by atoms with Crippen molar-refractivity contribution < 1.29 is 21.6 Å². The fourth-order valence-electron chi connectivity index (χ4n) is 2.93. The van der Waals surface area contributed by atoms with E-state index in [4.69, 9.17) is 0 Å². The van der Waals surface area contributed by atoms with E-state index < -0.39 is 19.9 Å². The number of benzene rings is 1. The van der Waals surface area contributed by atoms with Gasteiger partial charge in [-0.05, 0) is 31.0 Å². The summed E-state index contributed by atoms with van der Waals surface area (Å²) in [4.78, 5) is 13.8. The van der Waals surface area contributed by atoms with E-state index in [0.717, 1.165) is 11.8 Å². The van der Waals surface area contributed by atoms with Crippen LogP contribution < -0.4 is 4.31 Å². The third-order valence-electron chi connectivity index (χ3n) is 4.37. The third kappa shape index (κ3) is 5.18. The van der Waals surface area contributed by atoms with Gasteiger partial charge in [0.05, 0.1) is 23.4 Å². The van der Waals surface area contributed by atoms with Gasteiger partial charge in [0.2, 0.25) is 15.9 Å². The highest BCUT2D eigenvalue weighted by molar-refractivity contribution is 7.92. The Labute approximate surface area is 149 Å². The quantitative estimate of drug-likeness (QED) is 0.719. The van der Waals surface area contributed by atoms with Gasteiger partial charge in [-0.25, -0.2) is 16.8 Å². The fourth-order valence-corrected chi connectivity index (χ4v) is 5.62. The Morgan fingerprint density at radius 2 is 2.00 bits per heavy atom. The molecular weight excluding hydrogens is 364 g/mol. The van der Waals surface area contributed by atoms with Gasteiger partial charge in [-0.2, -0.15) is 0 Å². The van der Waals surface area contributed by atoms with Gasteiger partial charge in [0.25, 0.3) is 0 Å². The highest BCUT2D eigenvalue weighted by Gasteiger charge is 2.32. The van der Waals surface area contributed by atoms with Crippen molar-refractivity contribution in [3.63, 3.8) is 0 Å². The van der Waals surface area contributed by atoms with Crippen molar-refractivity contribution in [1.82, 2.24) is 4.90 Å². The monoisotopic (exact) mass is 388 g/mol. The molecule has 0 saturated carbocycles. The second-order valence-electron chi connectivity index (χ2n) is 6.49. The highest BCUT2D eigenvalue weighted by Crippen LogP contribution is 2.21. The van der Waals surface area contributed by atoms with Crippen molar-refractivity contribution >= 4 is 31.5 Å². The van der Waals surface area contributed by atoms with Gasteiger partial charge in [0.15, 0.2) is 9.84 Å². The van der Waals surface area contributed by atoms with Gasteiger partial charge >= 0.3 is 0 Å². The number of amides is 1. The fraction of sp³-hybridized carbons (Fsp3) is 0.562. The molecule has 1 unspecified atom stereocenters. The maximum Gasteiger partial charge on any atom is 0.232 e. The van der Waals surface area contributed by atoms with Gasteiger partial charge in [0.1, 0.15) is 0 Å². The van der Waals surface area contributed by atoms with Crippen molar-refractivity contribution in [2.24, 2.45) is 0 Å². The average molecular weight is 389 g/mol. The number of aryl methyl sites for hydroxylation is 1. The van der Waals surface area contributed by atoms with Gasteiger partial charge < -0.3 is 4.90 Å². The summed E-state index contributed by atoms with van der Waals surface area (Å²) in [5, 5.41) is 0. The minimum Gasteiger partial charge on any atom is -0.342 e. The molecule has 0 bridgehead atoms. The molecule has 0 spiro atoms. The predicted molar refractivity (Wildman–Crippen MR) is 97.8 cm³/mol. The van der Waals surface area contributed by atoms with Crippen LogP contribution in [0, 0.1) is 6.92 Å². The zero-order valence-electron chi connectivity index (χ0n) is 14.7. The van der Waals surface area contributed by atoms with Crippen LogP contribution in [0.5, 0.6) is 0 Å². The van der Waals surface area contributed by atoms with Crippen LogP contribution in [-0.4, -0.2) is 65.0 Å². The topological polar surface area (TPSA) is 91.8 Å². The maximum atomic E-state index is 12.4. The van der Waals surface area contributed by atoms with Crippen LogP contribution in [-0.2, 0) is 24.7 Å². The Morgan fingerprint density at radius 3 is 2.52 bits per heavy atom. The van der Waals surface area contributed by atoms with Crippen LogP contribution in [0.15, 0.2) is 24.3 Å². The van der Waals surface area contributed by atoms with Gasteiger partial charge in [-0.1, -0.05) is 12.1 Å². The molecule has 0 N–H and O–H groups in total. The zero-order chi connectivity index (χ0) is 18.8. The SMILES string of the molecule is Cc1cccc(N(CCC(=O)N(C)C2CCS(=O)(=O)C2)S(C)(=O)=O)c1. The molecule has 1 aliphatic rings. The summed E-state index contributed by atoms with van der Waals surface area (Å²) in [5.74, 6) is -0.194. The lowest BCUT2D eigenvalue weighted by Crippen LogP contribution is -2.40. The first kappa shape index (κ1) is 19.7. The van der Waals surface area contributed by atoms with Crippen molar-refractivity contribution in [2.75, 3.05) is 35.7 Å². The molecule has 25 heavy (non-hydrogen) atoms.